The summed E-state index contributed by atoms with van der Waals surface area (Å²) >= 11 is 0. The number of rotatable bonds is 2. The van der Waals surface area contributed by atoms with Crippen molar-refractivity contribution in [3.63, 3.8) is 0 Å². The molecule has 1 fully saturated rings. The van der Waals surface area contributed by atoms with E-state index in [1.807, 2.05) is 30.3 Å². The quantitative estimate of drug-likeness (QED) is 0.899. The molecular weight excluding hydrogens is 250 g/mol. The van der Waals surface area contributed by atoms with Crippen LogP contribution in [0.25, 0.3) is 11.0 Å². The zero-order chi connectivity index (χ0) is 12.8. The van der Waals surface area contributed by atoms with Crippen molar-refractivity contribution in [2.75, 3.05) is 11.5 Å². The van der Waals surface area contributed by atoms with Crippen molar-refractivity contribution >= 4 is 20.8 Å². The molecule has 0 bridgehead atoms. The van der Waals surface area contributed by atoms with Gasteiger partial charge in [0.15, 0.2) is 9.84 Å². The molecule has 4 nitrogen and oxygen atoms in total. The minimum Gasteiger partial charge on any atom is -0.459 e. The molecule has 2 N–H and O–H groups in total. The molecule has 18 heavy (non-hydrogen) atoms. The summed E-state index contributed by atoms with van der Waals surface area (Å²) in [6, 6.07) is 9.26. The lowest BCUT2D eigenvalue weighted by Gasteiger charge is -2.14. The first kappa shape index (κ1) is 11.7. The normalized spacial score (nSPS) is 24.4. The molecule has 2 heterocycles. The van der Waals surface area contributed by atoms with Crippen LogP contribution in [0, 0.1) is 5.92 Å². The molecule has 1 aliphatic heterocycles. The fourth-order valence-corrected chi connectivity index (χ4v) is 4.36. The van der Waals surface area contributed by atoms with Gasteiger partial charge in [0, 0.05) is 5.39 Å². The van der Waals surface area contributed by atoms with Gasteiger partial charge in [-0.1, -0.05) is 18.2 Å². The van der Waals surface area contributed by atoms with Gasteiger partial charge in [0.05, 0.1) is 17.5 Å². The molecule has 0 spiro atoms. The van der Waals surface area contributed by atoms with Crippen LogP contribution in [0.15, 0.2) is 34.7 Å². The summed E-state index contributed by atoms with van der Waals surface area (Å²) in [4.78, 5) is 0. The van der Waals surface area contributed by atoms with Crippen LogP contribution in [0.4, 0.5) is 0 Å². The second-order valence-electron chi connectivity index (χ2n) is 4.88. The summed E-state index contributed by atoms with van der Waals surface area (Å²) < 4.78 is 28.6. The van der Waals surface area contributed by atoms with Crippen molar-refractivity contribution in [3.05, 3.63) is 36.1 Å². The van der Waals surface area contributed by atoms with Crippen molar-refractivity contribution < 1.29 is 12.8 Å². The van der Waals surface area contributed by atoms with Gasteiger partial charge in [-0.25, -0.2) is 8.42 Å². The first-order chi connectivity index (χ1) is 8.55. The molecule has 0 aliphatic carbocycles. The van der Waals surface area contributed by atoms with E-state index >= 15 is 0 Å². The molecule has 1 aliphatic rings. The van der Waals surface area contributed by atoms with Gasteiger partial charge in [0.25, 0.3) is 0 Å². The molecule has 1 aromatic carbocycles. The van der Waals surface area contributed by atoms with Crippen LogP contribution >= 0.6 is 0 Å². The molecule has 96 valence electrons. The average Bonchev–Trinajstić information content (AvgIpc) is 2.91. The van der Waals surface area contributed by atoms with E-state index in [9.17, 15) is 8.42 Å². The van der Waals surface area contributed by atoms with Crippen molar-refractivity contribution in [1.82, 2.24) is 0 Å². The molecule has 2 unspecified atom stereocenters. The highest BCUT2D eigenvalue weighted by molar-refractivity contribution is 7.91. The third kappa shape index (κ3) is 2.04. The van der Waals surface area contributed by atoms with Gasteiger partial charge in [0.1, 0.15) is 11.3 Å². The summed E-state index contributed by atoms with van der Waals surface area (Å²) in [6.07, 6.45) is 0.626. The molecule has 1 aromatic heterocycles. The minimum atomic E-state index is -2.90. The Bertz CT molecular complexity index is 641. The maximum atomic E-state index is 11.5. The van der Waals surface area contributed by atoms with Crippen molar-refractivity contribution in [3.8, 4) is 0 Å². The van der Waals surface area contributed by atoms with Crippen LogP contribution in [0.5, 0.6) is 0 Å². The van der Waals surface area contributed by atoms with Gasteiger partial charge >= 0.3 is 0 Å². The van der Waals surface area contributed by atoms with E-state index in [-0.39, 0.29) is 23.5 Å². The molecular formula is C13H15NO3S. The summed E-state index contributed by atoms with van der Waals surface area (Å²) in [6.45, 7) is 0. The Hall–Kier alpha value is -1.33. The molecule has 0 amide bonds. The van der Waals surface area contributed by atoms with E-state index < -0.39 is 9.84 Å². The average molecular weight is 265 g/mol. The number of para-hydroxylation sites is 1. The van der Waals surface area contributed by atoms with E-state index in [2.05, 4.69) is 0 Å². The maximum absolute atomic E-state index is 11.5. The zero-order valence-corrected chi connectivity index (χ0v) is 10.7. The van der Waals surface area contributed by atoms with Gasteiger partial charge in [-0.15, -0.1) is 0 Å². The fourth-order valence-electron chi connectivity index (χ4n) is 2.51. The Morgan fingerprint density at radius 3 is 2.78 bits per heavy atom. The van der Waals surface area contributed by atoms with E-state index in [4.69, 9.17) is 10.2 Å². The Kier molecular flexibility index (Phi) is 2.68. The Morgan fingerprint density at radius 1 is 1.33 bits per heavy atom. The number of sulfone groups is 1. The molecule has 5 heteroatoms. The predicted octanol–water partition coefficient (Wildman–Crippen LogP) is 1.87. The van der Waals surface area contributed by atoms with Crippen LogP contribution in [-0.4, -0.2) is 19.9 Å². The van der Waals surface area contributed by atoms with E-state index in [0.717, 1.165) is 11.0 Å². The lowest BCUT2D eigenvalue weighted by molar-refractivity contribution is 0.402. The van der Waals surface area contributed by atoms with Gasteiger partial charge in [-0.2, -0.15) is 0 Å². The van der Waals surface area contributed by atoms with Crippen molar-refractivity contribution in [2.24, 2.45) is 11.7 Å². The molecule has 3 rings (SSSR count). The zero-order valence-electron chi connectivity index (χ0n) is 9.87. The summed E-state index contributed by atoms with van der Waals surface area (Å²) in [5.74, 6) is 1.06. The fraction of sp³-hybridized carbons (Fsp3) is 0.385. The SMILES string of the molecule is NC(c1cc2ccccc2o1)C1CCS(=O)(=O)C1. The second kappa shape index (κ2) is 4.10. The van der Waals surface area contributed by atoms with Gasteiger partial charge < -0.3 is 10.2 Å². The molecule has 0 saturated carbocycles. The summed E-state index contributed by atoms with van der Waals surface area (Å²) in [5.41, 5.74) is 6.92. The first-order valence-corrected chi connectivity index (χ1v) is 7.82. The van der Waals surface area contributed by atoms with Crippen molar-refractivity contribution in [1.29, 1.82) is 0 Å². The molecule has 0 radical (unpaired) electrons. The summed E-state index contributed by atoms with van der Waals surface area (Å²) in [5, 5.41) is 1.00. The number of furan rings is 1. The third-order valence-corrected chi connectivity index (χ3v) is 5.34. The van der Waals surface area contributed by atoms with Crippen LogP contribution in [0.2, 0.25) is 0 Å². The smallest absolute Gasteiger partial charge is 0.150 e. The van der Waals surface area contributed by atoms with Gasteiger partial charge in [0.2, 0.25) is 0 Å². The highest BCUT2D eigenvalue weighted by Crippen LogP contribution is 2.32. The first-order valence-electron chi connectivity index (χ1n) is 6.00. The van der Waals surface area contributed by atoms with Crippen LogP contribution in [0.1, 0.15) is 18.2 Å². The van der Waals surface area contributed by atoms with Crippen molar-refractivity contribution in [2.45, 2.75) is 12.5 Å². The number of hydrogen-bond donors (Lipinski definition) is 1. The number of benzene rings is 1. The van der Waals surface area contributed by atoms with Crippen LogP contribution in [-0.2, 0) is 9.84 Å². The number of hydrogen-bond acceptors (Lipinski definition) is 4. The van der Waals surface area contributed by atoms with E-state index in [0.29, 0.717) is 12.2 Å². The largest absolute Gasteiger partial charge is 0.459 e. The molecule has 2 atom stereocenters. The monoisotopic (exact) mass is 265 g/mol. The molecule has 2 aromatic rings. The minimum absolute atomic E-state index is 0.0319. The Balaban J connectivity index is 1.90. The van der Waals surface area contributed by atoms with Gasteiger partial charge in [-0.3, -0.25) is 0 Å². The highest BCUT2D eigenvalue weighted by Gasteiger charge is 2.34. The lowest BCUT2D eigenvalue weighted by Crippen LogP contribution is -2.21. The number of fused-ring (bicyclic) bond motifs is 1. The van der Waals surface area contributed by atoms with Gasteiger partial charge in [-0.05, 0) is 24.5 Å². The predicted molar refractivity (Wildman–Crippen MR) is 69.9 cm³/mol. The van der Waals surface area contributed by atoms with Crippen LogP contribution < -0.4 is 5.73 Å². The lowest BCUT2D eigenvalue weighted by atomic mass is 9.98. The third-order valence-electron chi connectivity index (χ3n) is 3.55. The molecule has 1 saturated heterocycles. The maximum Gasteiger partial charge on any atom is 0.150 e. The second-order valence-corrected chi connectivity index (χ2v) is 7.10. The Labute approximate surface area is 106 Å². The van der Waals surface area contributed by atoms with E-state index in [1.54, 1.807) is 0 Å². The topological polar surface area (TPSA) is 73.3 Å². The summed E-state index contributed by atoms with van der Waals surface area (Å²) in [7, 11) is -2.90. The standard InChI is InChI=1S/C13H15NO3S/c14-13(10-5-6-18(15,16)8-10)12-7-9-3-1-2-4-11(9)17-12/h1-4,7,10,13H,5-6,8,14H2. The van der Waals surface area contributed by atoms with E-state index in [1.165, 1.54) is 0 Å². The van der Waals surface area contributed by atoms with Crippen LogP contribution in [0.3, 0.4) is 0 Å². The number of nitrogens with two attached hydrogens (primary N) is 1. The Morgan fingerprint density at radius 2 is 2.11 bits per heavy atom. The highest BCUT2D eigenvalue weighted by atomic mass is 32.2.